The van der Waals surface area contributed by atoms with Gasteiger partial charge in [0.2, 0.25) is 5.91 Å². The lowest BCUT2D eigenvalue weighted by molar-refractivity contribution is -0.117. The maximum Gasteiger partial charge on any atom is 0.227 e. The molecule has 3 nitrogen and oxygen atoms in total. The van der Waals surface area contributed by atoms with Crippen LogP contribution >= 0.6 is 22.9 Å². The Bertz CT molecular complexity index is 609. The van der Waals surface area contributed by atoms with E-state index in [4.69, 9.17) is 11.6 Å². The SMILES string of the molecule is O=C1CCCN1c1ccc(NCc2cc(Cl)cs2)cc1. The Kier molecular flexibility index (Phi) is 3.94. The molecule has 1 aliphatic rings. The van der Waals surface area contributed by atoms with E-state index >= 15 is 0 Å². The monoisotopic (exact) mass is 306 g/mol. The summed E-state index contributed by atoms with van der Waals surface area (Å²) in [5.74, 6) is 0.221. The molecule has 5 heteroatoms. The standard InChI is InChI=1S/C15H15ClN2OS/c16-11-8-14(20-10-11)9-17-12-3-5-13(6-4-12)18-7-1-2-15(18)19/h3-6,8,10,17H,1-2,7,9H2. The topological polar surface area (TPSA) is 32.3 Å². The Morgan fingerprint density at radius 2 is 2.10 bits per heavy atom. The van der Waals surface area contributed by atoms with E-state index in [-0.39, 0.29) is 5.91 Å². The molecule has 1 aromatic carbocycles. The van der Waals surface area contributed by atoms with E-state index in [9.17, 15) is 4.79 Å². The number of rotatable bonds is 4. The fourth-order valence-electron chi connectivity index (χ4n) is 2.32. The van der Waals surface area contributed by atoms with Crippen LogP contribution < -0.4 is 10.2 Å². The average Bonchev–Trinajstić information content (AvgIpc) is 3.06. The Hall–Kier alpha value is -1.52. The molecule has 1 aromatic heterocycles. The molecule has 0 bridgehead atoms. The number of hydrogen-bond donors (Lipinski definition) is 1. The van der Waals surface area contributed by atoms with Crippen molar-refractivity contribution in [2.75, 3.05) is 16.8 Å². The third-order valence-electron chi connectivity index (χ3n) is 3.34. The van der Waals surface area contributed by atoms with Gasteiger partial charge in [-0.1, -0.05) is 11.6 Å². The summed E-state index contributed by atoms with van der Waals surface area (Å²) in [7, 11) is 0. The van der Waals surface area contributed by atoms with Crippen molar-refractivity contribution in [3.8, 4) is 0 Å². The van der Waals surface area contributed by atoms with Gasteiger partial charge in [0.15, 0.2) is 0 Å². The minimum Gasteiger partial charge on any atom is -0.380 e. The van der Waals surface area contributed by atoms with Gasteiger partial charge in [-0.05, 0) is 36.8 Å². The van der Waals surface area contributed by atoms with Crippen LogP contribution in [0.25, 0.3) is 0 Å². The number of nitrogens with one attached hydrogen (secondary N) is 1. The molecule has 0 unspecified atom stereocenters. The third-order valence-corrected chi connectivity index (χ3v) is 4.63. The number of nitrogens with zero attached hydrogens (tertiary/aromatic N) is 1. The van der Waals surface area contributed by atoms with Crippen molar-refractivity contribution in [1.29, 1.82) is 0 Å². The summed E-state index contributed by atoms with van der Waals surface area (Å²) in [6, 6.07) is 9.97. The van der Waals surface area contributed by atoms with E-state index in [1.165, 1.54) is 4.88 Å². The van der Waals surface area contributed by atoms with Gasteiger partial charge >= 0.3 is 0 Å². The zero-order valence-corrected chi connectivity index (χ0v) is 12.5. The van der Waals surface area contributed by atoms with Crippen LogP contribution in [0.1, 0.15) is 17.7 Å². The number of carbonyl (C=O) groups is 1. The molecule has 0 atom stereocenters. The van der Waals surface area contributed by atoms with E-state index in [1.54, 1.807) is 11.3 Å². The highest BCUT2D eigenvalue weighted by Crippen LogP contribution is 2.24. The average molecular weight is 307 g/mol. The maximum atomic E-state index is 11.7. The van der Waals surface area contributed by atoms with E-state index in [0.29, 0.717) is 6.42 Å². The summed E-state index contributed by atoms with van der Waals surface area (Å²) >= 11 is 7.54. The van der Waals surface area contributed by atoms with Crippen LogP contribution in [0.5, 0.6) is 0 Å². The van der Waals surface area contributed by atoms with Gasteiger partial charge in [0.05, 0.1) is 5.02 Å². The zero-order chi connectivity index (χ0) is 13.9. The molecule has 2 heterocycles. The molecular weight excluding hydrogens is 292 g/mol. The van der Waals surface area contributed by atoms with Gasteiger partial charge in [0.25, 0.3) is 0 Å². The molecule has 1 saturated heterocycles. The highest BCUT2D eigenvalue weighted by Gasteiger charge is 2.21. The first-order valence-corrected chi connectivity index (χ1v) is 7.85. The van der Waals surface area contributed by atoms with E-state index in [1.807, 2.05) is 40.6 Å². The molecular formula is C15H15ClN2OS. The summed E-state index contributed by atoms with van der Waals surface area (Å²) in [6.45, 7) is 1.60. The third kappa shape index (κ3) is 2.97. The summed E-state index contributed by atoms with van der Waals surface area (Å²) in [6.07, 6.45) is 1.62. The van der Waals surface area contributed by atoms with Crippen LogP contribution in [0.2, 0.25) is 5.02 Å². The summed E-state index contributed by atoms with van der Waals surface area (Å²) in [4.78, 5) is 14.7. The summed E-state index contributed by atoms with van der Waals surface area (Å²) < 4.78 is 0. The lowest BCUT2D eigenvalue weighted by Gasteiger charge is -2.16. The second kappa shape index (κ2) is 5.85. The predicted octanol–water partition coefficient (Wildman–Crippen LogP) is 4.14. The molecule has 0 radical (unpaired) electrons. The van der Waals surface area contributed by atoms with E-state index in [2.05, 4.69) is 5.32 Å². The van der Waals surface area contributed by atoms with Crippen molar-refractivity contribution in [2.45, 2.75) is 19.4 Å². The van der Waals surface area contributed by atoms with Gasteiger partial charge in [0.1, 0.15) is 0 Å². The summed E-state index contributed by atoms with van der Waals surface area (Å²) in [5.41, 5.74) is 2.03. The fourth-order valence-corrected chi connectivity index (χ4v) is 3.33. The molecule has 0 saturated carbocycles. The van der Waals surface area contributed by atoms with Crippen LogP contribution in [0, 0.1) is 0 Å². The molecule has 20 heavy (non-hydrogen) atoms. The van der Waals surface area contributed by atoms with E-state index in [0.717, 1.165) is 35.9 Å². The number of halogens is 1. The number of amides is 1. The molecule has 0 aliphatic carbocycles. The van der Waals surface area contributed by atoms with Crippen LogP contribution in [0.15, 0.2) is 35.7 Å². The Morgan fingerprint density at radius 1 is 1.30 bits per heavy atom. The first kappa shape index (κ1) is 13.5. The number of thiophene rings is 1. The Balaban J connectivity index is 1.62. The quantitative estimate of drug-likeness (QED) is 0.920. The van der Waals surface area contributed by atoms with Gasteiger partial charge in [-0.25, -0.2) is 0 Å². The van der Waals surface area contributed by atoms with Crippen LogP contribution in [0.4, 0.5) is 11.4 Å². The molecule has 2 aromatic rings. The first-order chi connectivity index (χ1) is 9.72. The van der Waals surface area contributed by atoms with Crippen molar-refractivity contribution in [2.24, 2.45) is 0 Å². The van der Waals surface area contributed by atoms with Gasteiger partial charge in [-0.3, -0.25) is 4.79 Å². The van der Waals surface area contributed by atoms with Crippen LogP contribution in [-0.2, 0) is 11.3 Å². The minimum atomic E-state index is 0.221. The lowest BCUT2D eigenvalue weighted by Crippen LogP contribution is -2.23. The second-order valence-corrected chi connectivity index (χ2v) is 6.21. The van der Waals surface area contributed by atoms with Crippen LogP contribution in [-0.4, -0.2) is 12.5 Å². The smallest absolute Gasteiger partial charge is 0.227 e. The molecule has 0 spiro atoms. The molecule has 1 N–H and O–H groups in total. The molecule has 104 valence electrons. The first-order valence-electron chi connectivity index (χ1n) is 6.59. The fraction of sp³-hybridized carbons (Fsp3) is 0.267. The maximum absolute atomic E-state index is 11.7. The Labute approximate surface area is 127 Å². The number of anilines is 2. The second-order valence-electron chi connectivity index (χ2n) is 4.78. The van der Waals surface area contributed by atoms with Crippen molar-refractivity contribution >= 4 is 40.2 Å². The highest BCUT2D eigenvalue weighted by molar-refractivity contribution is 7.10. The molecule has 1 fully saturated rings. The molecule has 1 amide bonds. The van der Waals surface area contributed by atoms with Gasteiger partial charge in [-0.2, -0.15) is 0 Å². The van der Waals surface area contributed by atoms with Crippen molar-refractivity contribution in [3.05, 3.63) is 45.6 Å². The van der Waals surface area contributed by atoms with E-state index < -0.39 is 0 Å². The zero-order valence-electron chi connectivity index (χ0n) is 10.9. The number of hydrogen-bond acceptors (Lipinski definition) is 3. The molecule has 3 rings (SSSR count). The van der Waals surface area contributed by atoms with Crippen LogP contribution in [0.3, 0.4) is 0 Å². The highest BCUT2D eigenvalue weighted by atomic mass is 35.5. The predicted molar refractivity (Wildman–Crippen MR) is 84.7 cm³/mol. The van der Waals surface area contributed by atoms with Crippen molar-refractivity contribution in [1.82, 2.24) is 0 Å². The normalized spacial score (nSPS) is 14.8. The van der Waals surface area contributed by atoms with Crippen molar-refractivity contribution in [3.63, 3.8) is 0 Å². The Morgan fingerprint density at radius 3 is 2.70 bits per heavy atom. The van der Waals surface area contributed by atoms with Gasteiger partial charge in [0, 0.05) is 41.1 Å². The van der Waals surface area contributed by atoms with Gasteiger partial charge < -0.3 is 10.2 Å². The number of benzene rings is 1. The largest absolute Gasteiger partial charge is 0.380 e. The van der Waals surface area contributed by atoms with Crippen molar-refractivity contribution < 1.29 is 4.79 Å². The lowest BCUT2D eigenvalue weighted by atomic mass is 10.2. The van der Waals surface area contributed by atoms with Gasteiger partial charge in [-0.15, -0.1) is 11.3 Å². The number of carbonyl (C=O) groups excluding carboxylic acids is 1. The summed E-state index contributed by atoms with van der Waals surface area (Å²) in [5, 5.41) is 6.07. The molecule has 1 aliphatic heterocycles. The minimum absolute atomic E-state index is 0.221.